The standard InChI is InChI=1S/C24H36O3/c1-14(27-24-11-15-6-16(12-24)8-17(7-15)13-24)26-23(25)22-10-18-9-21(22)20-5-3-2-4-19(18)20/h14-22H,2-13H2,1H3. The zero-order valence-electron chi connectivity index (χ0n) is 16.9. The molecular formula is C24H36O3. The van der Waals surface area contributed by atoms with E-state index >= 15 is 0 Å². The van der Waals surface area contributed by atoms with Crippen LogP contribution in [-0.4, -0.2) is 17.9 Å². The molecule has 0 spiro atoms. The Morgan fingerprint density at radius 3 is 2.15 bits per heavy atom. The number of hydrogen-bond acceptors (Lipinski definition) is 3. The highest BCUT2D eigenvalue weighted by atomic mass is 16.7. The average Bonchev–Trinajstić information content (AvgIpc) is 3.19. The first kappa shape index (κ1) is 17.3. The Labute approximate surface area is 163 Å². The number of carbonyl (C=O) groups is 1. The Morgan fingerprint density at radius 2 is 1.48 bits per heavy atom. The molecule has 0 amide bonds. The van der Waals surface area contributed by atoms with Gasteiger partial charge in [-0.2, -0.15) is 0 Å². The van der Waals surface area contributed by atoms with Gasteiger partial charge in [0.15, 0.2) is 0 Å². The molecule has 6 bridgehead atoms. The summed E-state index contributed by atoms with van der Waals surface area (Å²) in [6.45, 7) is 1.98. The molecule has 0 aromatic rings. The molecule has 0 radical (unpaired) electrons. The molecule has 150 valence electrons. The van der Waals surface area contributed by atoms with Gasteiger partial charge in [0.25, 0.3) is 0 Å². The van der Waals surface area contributed by atoms with Gasteiger partial charge in [-0.3, -0.25) is 4.79 Å². The van der Waals surface area contributed by atoms with Crippen LogP contribution in [0.3, 0.4) is 0 Å². The minimum absolute atomic E-state index is 0.0254. The maximum atomic E-state index is 13.0. The molecule has 7 rings (SSSR count). The van der Waals surface area contributed by atoms with Gasteiger partial charge in [0, 0.05) is 0 Å². The quantitative estimate of drug-likeness (QED) is 0.495. The lowest BCUT2D eigenvalue weighted by molar-refractivity contribution is -0.247. The zero-order chi connectivity index (χ0) is 18.2. The van der Waals surface area contributed by atoms with Crippen LogP contribution in [0, 0.1) is 47.3 Å². The van der Waals surface area contributed by atoms with Gasteiger partial charge in [0.2, 0.25) is 6.29 Å². The summed E-state index contributed by atoms with van der Waals surface area (Å²) in [5.74, 6) is 5.98. The molecule has 0 saturated heterocycles. The van der Waals surface area contributed by atoms with E-state index in [1.165, 1.54) is 70.6 Å². The van der Waals surface area contributed by atoms with Crippen molar-refractivity contribution in [3.8, 4) is 0 Å². The first-order valence-corrected chi connectivity index (χ1v) is 12.0. The van der Waals surface area contributed by atoms with Crippen molar-refractivity contribution in [1.29, 1.82) is 0 Å². The lowest BCUT2D eigenvalue weighted by Gasteiger charge is -2.56. The van der Waals surface area contributed by atoms with E-state index in [2.05, 4.69) is 0 Å². The van der Waals surface area contributed by atoms with E-state index in [-0.39, 0.29) is 23.8 Å². The predicted octanol–water partition coefficient (Wildman–Crippen LogP) is 5.32. The predicted molar refractivity (Wildman–Crippen MR) is 103 cm³/mol. The van der Waals surface area contributed by atoms with Crippen LogP contribution < -0.4 is 0 Å². The number of rotatable bonds is 4. The second-order valence-corrected chi connectivity index (χ2v) is 11.3. The topological polar surface area (TPSA) is 35.5 Å². The molecule has 27 heavy (non-hydrogen) atoms. The van der Waals surface area contributed by atoms with Crippen molar-refractivity contribution >= 4 is 5.97 Å². The van der Waals surface area contributed by atoms with Gasteiger partial charge in [0.1, 0.15) is 0 Å². The number of fused-ring (bicyclic) bond motifs is 5. The van der Waals surface area contributed by atoms with Crippen molar-refractivity contribution in [2.45, 2.75) is 95.9 Å². The van der Waals surface area contributed by atoms with E-state index in [9.17, 15) is 4.79 Å². The average molecular weight is 373 g/mol. The lowest BCUT2D eigenvalue weighted by Crippen LogP contribution is -2.53. The van der Waals surface area contributed by atoms with Crippen LogP contribution in [0.1, 0.15) is 84.0 Å². The summed E-state index contributed by atoms with van der Waals surface area (Å²) in [7, 11) is 0. The first-order valence-electron chi connectivity index (χ1n) is 12.0. The number of carbonyl (C=O) groups excluding carboxylic acids is 1. The summed E-state index contributed by atoms with van der Waals surface area (Å²) in [4.78, 5) is 13.0. The SMILES string of the molecule is CC(OC(=O)C1CC2CC1C1CCCCC21)OC12CC3CC(CC(C3)C1)C2. The van der Waals surface area contributed by atoms with Gasteiger partial charge in [-0.25, -0.2) is 0 Å². The Morgan fingerprint density at radius 1 is 0.852 bits per heavy atom. The molecule has 0 aromatic heterocycles. The molecular weight excluding hydrogens is 336 g/mol. The Balaban J connectivity index is 1.09. The summed E-state index contributed by atoms with van der Waals surface area (Å²) >= 11 is 0. The van der Waals surface area contributed by atoms with E-state index in [0.29, 0.717) is 5.92 Å². The summed E-state index contributed by atoms with van der Waals surface area (Å²) < 4.78 is 12.5. The third kappa shape index (κ3) is 2.81. The van der Waals surface area contributed by atoms with Crippen molar-refractivity contribution < 1.29 is 14.3 Å². The maximum Gasteiger partial charge on any atom is 0.311 e. The Kier molecular flexibility index (Phi) is 3.98. The van der Waals surface area contributed by atoms with Crippen LogP contribution in [0.4, 0.5) is 0 Å². The summed E-state index contributed by atoms with van der Waals surface area (Å²) in [5, 5.41) is 0. The molecule has 6 unspecified atom stereocenters. The van der Waals surface area contributed by atoms with Crippen LogP contribution in [0.25, 0.3) is 0 Å². The van der Waals surface area contributed by atoms with Gasteiger partial charge in [-0.15, -0.1) is 0 Å². The normalized spacial score (nSPS) is 53.4. The van der Waals surface area contributed by atoms with Gasteiger partial charge >= 0.3 is 5.97 Å². The fraction of sp³-hybridized carbons (Fsp3) is 0.958. The molecule has 7 aliphatic carbocycles. The van der Waals surface area contributed by atoms with Crippen molar-refractivity contribution in [2.24, 2.45) is 47.3 Å². The van der Waals surface area contributed by atoms with E-state index < -0.39 is 0 Å². The molecule has 7 saturated carbocycles. The van der Waals surface area contributed by atoms with Crippen molar-refractivity contribution in [1.82, 2.24) is 0 Å². The van der Waals surface area contributed by atoms with Gasteiger partial charge < -0.3 is 9.47 Å². The van der Waals surface area contributed by atoms with E-state index in [1.54, 1.807) is 0 Å². The Bertz CT molecular complexity index is 577. The van der Waals surface area contributed by atoms with Crippen LogP contribution in [0.15, 0.2) is 0 Å². The molecule has 0 N–H and O–H groups in total. The van der Waals surface area contributed by atoms with Crippen LogP contribution in [0.5, 0.6) is 0 Å². The molecule has 6 atom stereocenters. The van der Waals surface area contributed by atoms with E-state index in [0.717, 1.165) is 41.9 Å². The number of esters is 1. The van der Waals surface area contributed by atoms with Gasteiger partial charge in [-0.1, -0.05) is 12.8 Å². The Hall–Kier alpha value is -0.570. The first-order chi connectivity index (χ1) is 13.1. The zero-order valence-corrected chi connectivity index (χ0v) is 16.9. The highest BCUT2D eigenvalue weighted by Crippen LogP contribution is 2.60. The van der Waals surface area contributed by atoms with Crippen LogP contribution in [0.2, 0.25) is 0 Å². The van der Waals surface area contributed by atoms with E-state index in [4.69, 9.17) is 9.47 Å². The fourth-order valence-electron chi connectivity index (χ4n) is 9.31. The molecule has 3 nitrogen and oxygen atoms in total. The minimum Gasteiger partial charge on any atom is -0.436 e. The van der Waals surface area contributed by atoms with Crippen LogP contribution in [-0.2, 0) is 14.3 Å². The highest BCUT2D eigenvalue weighted by molar-refractivity contribution is 5.73. The van der Waals surface area contributed by atoms with E-state index in [1.807, 2.05) is 6.92 Å². The lowest BCUT2D eigenvalue weighted by atomic mass is 9.54. The summed E-state index contributed by atoms with van der Waals surface area (Å²) in [5.41, 5.74) is 0.0254. The molecule has 0 heterocycles. The molecule has 7 fully saturated rings. The largest absolute Gasteiger partial charge is 0.436 e. The van der Waals surface area contributed by atoms with Crippen molar-refractivity contribution in [3.63, 3.8) is 0 Å². The molecule has 0 aromatic carbocycles. The summed E-state index contributed by atoms with van der Waals surface area (Å²) in [6, 6.07) is 0. The number of ether oxygens (including phenoxy) is 2. The van der Waals surface area contributed by atoms with Crippen LogP contribution >= 0.6 is 0 Å². The molecule has 3 heteroatoms. The van der Waals surface area contributed by atoms with Crippen molar-refractivity contribution in [3.05, 3.63) is 0 Å². The second kappa shape index (κ2) is 6.21. The highest BCUT2D eigenvalue weighted by Gasteiger charge is 2.56. The smallest absolute Gasteiger partial charge is 0.311 e. The molecule has 0 aliphatic heterocycles. The third-order valence-corrected chi connectivity index (χ3v) is 9.66. The van der Waals surface area contributed by atoms with Gasteiger partial charge in [0.05, 0.1) is 11.5 Å². The third-order valence-electron chi connectivity index (χ3n) is 9.66. The number of hydrogen-bond donors (Lipinski definition) is 0. The fourth-order valence-corrected chi connectivity index (χ4v) is 9.31. The monoisotopic (exact) mass is 372 g/mol. The second-order valence-electron chi connectivity index (χ2n) is 11.3. The molecule has 7 aliphatic rings. The van der Waals surface area contributed by atoms with Gasteiger partial charge in [-0.05, 0) is 113 Å². The minimum atomic E-state index is -0.366. The van der Waals surface area contributed by atoms with Crippen molar-refractivity contribution in [2.75, 3.05) is 0 Å². The maximum absolute atomic E-state index is 13.0. The summed E-state index contributed by atoms with van der Waals surface area (Å²) in [6.07, 6.45) is 15.5.